The van der Waals surface area contributed by atoms with Gasteiger partial charge in [-0.3, -0.25) is 4.79 Å². The molecule has 1 aliphatic carbocycles. The summed E-state index contributed by atoms with van der Waals surface area (Å²) in [6, 6.07) is 0.418. The first-order valence-corrected chi connectivity index (χ1v) is 8.28. The van der Waals surface area contributed by atoms with Gasteiger partial charge in [0.25, 0.3) is 0 Å². The van der Waals surface area contributed by atoms with E-state index in [0.717, 1.165) is 19.4 Å². The van der Waals surface area contributed by atoms with E-state index in [-0.39, 0.29) is 29.3 Å². The third kappa shape index (κ3) is 4.43. The molecule has 124 valence electrons. The molecule has 0 aromatic rings. The second-order valence-corrected chi connectivity index (χ2v) is 8.03. The maximum absolute atomic E-state index is 12.8. The predicted molar refractivity (Wildman–Crippen MR) is 89.0 cm³/mol. The van der Waals surface area contributed by atoms with Crippen molar-refractivity contribution in [3.63, 3.8) is 0 Å². The molecule has 0 aromatic carbocycles. The zero-order valence-corrected chi connectivity index (χ0v) is 14.9. The lowest BCUT2D eigenvalue weighted by molar-refractivity contribution is -0.133. The van der Waals surface area contributed by atoms with Crippen molar-refractivity contribution in [3.8, 4) is 0 Å². The van der Waals surface area contributed by atoms with Crippen molar-refractivity contribution in [2.24, 2.45) is 28.9 Å². The van der Waals surface area contributed by atoms with E-state index in [1.54, 1.807) is 0 Å². The molecule has 0 spiro atoms. The molecule has 1 amide bonds. The highest BCUT2D eigenvalue weighted by Gasteiger charge is 2.45. The number of amides is 1. The summed E-state index contributed by atoms with van der Waals surface area (Å²) >= 11 is 0. The summed E-state index contributed by atoms with van der Waals surface area (Å²) in [5, 5.41) is 3.29. The van der Waals surface area contributed by atoms with Crippen LogP contribution in [0.5, 0.6) is 0 Å². The lowest BCUT2D eigenvalue weighted by Gasteiger charge is -2.46. The summed E-state index contributed by atoms with van der Waals surface area (Å²) in [7, 11) is 4.10. The van der Waals surface area contributed by atoms with Gasteiger partial charge in [-0.15, -0.1) is 0 Å². The number of hydrogen-bond acceptors (Lipinski definition) is 3. The molecule has 0 aromatic heterocycles. The van der Waals surface area contributed by atoms with Crippen LogP contribution in [0.4, 0.5) is 0 Å². The summed E-state index contributed by atoms with van der Waals surface area (Å²) in [4.78, 5) is 14.9. The van der Waals surface area contributed by atoms with Crippen molar-refractivity contribution in [1.82, 2.24) is 10.2 Å². The van der Waals surface area contributed by atoms with E-state index in [9.17, 15) is 4.79 Å². The SMILES string of the molecule is CC(C)C(CN(C)C)NC(=O)C1CCC(N)C(C)C1(C)C. The first-order chi connectivity index (χ1) is 9.57. The molecule has 0 bridgehead atoms. The molecule has 1 aliphatic rings. The molecule has 0 heterocycles. The van der Waals surface area contributed by atoms with Gasteiger partial charge in [-0.05, 0) is 44.2 Å². The van der Waals surface area contributed by atoms with Crippen molar-refractivity contribution in [3.05, 3.63) is 0 Å². The first kappa shape index (κ1) is 18.4. The smallest absolute Gasteiger partial charge is 0.223 e. The van der Waals surface area contributed by atoms with Gasteiger partial charge in [-0.2, -0.15) is 0 Å². The average molecular weight is 297 g/mol. The van der Waals surface area contributed by atoms with Crippen molar-refractivity contribution in [2.45, 2.75) is 59.5 Å². The minimum absolute atomic E-state index is 0.0403. The largest absolute Gasteiger partial charge is 0.352 e. The summed E-state index contributed by atoms with van der Waals surface area (Å²) in [6.45, 7) is 11.8. The van der Waals surface area contributed by atoms with Crippen LogP contribution in [0.2, 0.25) is 0 Å². The van der Waals surface area contributed by atoms with Gasteiger partial charge in [0, 0.05) is 24.5 Å². The van der Waals surface area contributed by atoms with E-state index < -0.39 is 0 Å². The van der Waals surface area contributed by atoms with Crippen LogP contribution < -0.4 is 11.1 Å². The Hall–Kier alpha value is -0.610. The van der Waals surface area contributed by atoms with Crippen LogP contribution >= 0.6 is 0 Å². The number of likely N-dealkylation sites (N-methyl/N-ethyl adjacent to an activating group) is 1. The number of nitrogens with two attached hydrogens (primary N) is 1. The summed E-state index contributed by atoms with van der Waals surface area (Å²) in [5.41, 5.74) is 6.15. The van der Waals surface area contributed by atoms with E-state index in [1.165, 1.54) is 0 Å². The predicted octanol–water partition coefficient (Wildman–Crippen LogP) is 2.09. The Morgan fingerprint density at radius 1 is 1.33 bits per heavy atom. The molecule has 1 rings (SSSR count). The molecular formula is C17H35N3O. The van der Waals surface area contributed by atoms with E-state index in [1.807, 2.05) is 14.1 Å². The highest BCUT2D eigenvalue weighted by atomic mass is 16.2. The van der Waals surface area contributed by atoms with E-state index in [0.29, 0.717) is 11.8 Å². The molecule has 3 N–H and O–H groups in total. The van der Waals surface area contributed by atoms with Gasteiger partial charge in [0.2, 0.25) is 5.91 Å². The van der Waals surface area contributed by atoms with Crippen LogP contribution in [-0.4, -0.2) is 43.5 Å². The molecule has 21 heavy (non-hydrogen) atoms. The van der Waals surface area contributed by atoms with Gasteiger partial charge in [0.05, 0.1) is 0 Å². The Labute approximate surface area is 130 Å². The molecule has 0 saturated heterocycles. The Kier molecular flexibility index (Phi) is 6.23. The standard InChI is InChI=1S/C17H35N3O/c1-11(2)15(10-20(6)7)19-16(21)13-8-9-14(18)12(3)17(13,4)5/h11-15H,8-10,18H2,1-7H3,(H,19,21). The zero-order chi connectivity index (χ0) is 16.4. The first-order valence-electron chi connectivity index (χ1n) is 8.28. The lowest BCUT2D eigenvalue weighted by Crippen LogP contribution is -2.54. The van der Waals surface area contributed by atoms with Gasteiger partial charge in [-0.1, -0.05) is 34.6 Å². The Bertz CT molecular complexity index is 352. The average Bonchev–Trinajstić information content (AvgIpc) is 2.34. The minimum Gasteiger partial charge on any atom is -0.352 e. The molecule has 0 radical (unpaired) electrons. The Morgan fingerprint density at radius 3 is 2.38 bits per heavy atom. The lowest BCUT2D eigenvalue weighted by atomic mass is 9.61. The van der Waals surface area contributed by atoms with Gasteiger partial charge < -0.3 is 16.0 Å². The highest BCUT2D eigenvalue weighted by molar-refractivity contribution is 5.80. The summed E-state index contributed by atoms with van der Waals surface area (Å²) < 4.78 is 0. The number of carbonyl (C=O) groups excluding carboxylic acids is 1. The van der Waals surface area contributed by atoms with Crippen LogP contribution in [0.25, 0.3) is 0 Å². The number of nitrogens with zero attached hydrogens (tertiary/aromatic N) is 1. The normalized spacial score (nSPS) is 30.5. The second kappa shape index (κ2) is 7.10. The van der Waals surface area contributed by atoms with Gasteiger partial charge in [-0.25, -0.2) is 0 Å². The fourth-order valence-electron chi connectivity index (χ4n) is 3.42. The molecule has 1 fully saturated rings. The third-order valence-corrected chi connectivity index (χ3v) is 5.51. The van der Waals surface area contributed by atoms with Crippen molar-refractivity contribution < 1.29 is 4.79 Å². The second-order valence-electron chi connectivity index (χ2n) is 8.03. The monoisotopic (exact) mass is 297 g/mol. The molecule has 0 aliphatic heterocycles. The molecular weight excluding hydrogens is 262 g/mol. The fraction of sp³-hybridized carbons (Fsp3) is 0.941. The fourth-order valence-corrected chi connectivity index (χ4v) is 3.42. The quantitative estimate of drug-likeness (QED) is 0.817. The zero-order valence-electron chi connectivity index (χ0n) is 14.9. The van der Waals surface area contributed by atoms with Gasteiger partial charge in [0.1, 0.15) is 0 Å². The van der Waals surface area contributed by atoms with Gasteiger partial charge in [0.15, 0.2) is 0 Å². The van der Waals surface area contributed by atoms with Crippen LogP contribution in [0, 0.1) is 23.2 Å². The van der Waals surface area contributed by atoms with E-state index in [2.05, 4.69) is 44.8 Å². The molecule has 4 atom stereocenters. The Balaban J connectivity index is 2.77. The molecule has 4 unspecified atom stereocenters. The molecule has 4 nitrogen and oxygen atoms in total. The summed E-state index contributed by atoms with van der Waals surface area (Å²) in [6.07, 6.45) is 1.85. The summed E-state index contributed by atoms with van der Waals surface area (Å²) in [5.74, 6) is 1.08. The Morgan fingerprint density at radius 2 is 1.90 bits per heavy atom. The topological polar surface area (TPSA) is 58.4 Å². The van der Waals surface area contributed by atoms with Crippen molar-refractivity contribution in [1.29, 1.82) is 0 Å². The van der Waals surface area contributed by atoms with Crippen LogP contribution in [0.3, 0.4) is 0 Å². The van der Waals surface area contributed by atoms with Crippen molar-refractivity contribution in [2.75, 3.05) is 20.6 Å². The molecule has 4 heteroatoms. The maximum Gasteiger partial charge on any atom is 0.223 e. The highest BCUT2D eigenvalue weighted by Crippen LogP contribution is 2.44. The number of nitrogens with one attached hydrogen (secondary N) is 1. The van der Waals surface area contributed by atoms with E-state index in [4.69, 9.17) is 5.73 Å². The van der Waals surface area contributed by atoms with Crippen LogP contribution in [0.15, 0.2) is 0 Å². The van der Waals surface area contributed by atoms with Gasteiger partial charge >= 0.3 is 0 Å². The van der Waals surface area contributed by atoms with Crippen LogP contribution in [0.1, 0.15) is 47.5 Å². The number of hydrogen-bond donors (Lipinski definition) is 2. The number of rotatable bonds is 5. The molecule has 1 saturated carbocycles. The van der Waals surface area contributed by atoms with Crippen molar-refractivity contribution >= 4 is 5.91 Å². The number of carbonyl (C=O) groups is 1. The van der Waals surface area contributed by atoms with Crippen LogP contribution in [-0.2, 0) is 4.79 Å². The minimum atomic E-state index is -0.0403. The van der Waals surface area contributed by atoms with E-state index >= 15 is 0 Å². The third-order valence-electron chi connectivity index (χ3n) is 5.51. The maximum atomic E-state index is 12.8.